The average Bonchev–Trinajstić information content (AvgIpc) is 1.76. The summed E-state index contributed by atoms with van der Waals surface area (Å²) in [6, 6.07) is 5.82. The molecule has 1 aliphatic heterocycles. The van der Waals surface area contributed by atoms with Crippen LogP contribution in [0.5, 0.6) is 0 Å². The number of rotatable bonds is 20. The van der Waals surface area contributed by atoms with Crippen molar-refractivity contribution in [3.8, 4) is 29.1 Å². The number of ether oxygens (including phenoxy) is 1. The number of nitriles is 1. The van der Waals surface area contributed by atoms with Crippen molar-refractivity contribution in [2.24, 2.45) is 57.2 Å². The van der Waals surface area contributed by atoms with Crippen LogP contribution in [0.3, 0.4) is 0 Å². The molecule has 11 heterocycles. The molecule has 0 saturated heterocycles. The van der Waals surface area contributed by atoms with Gasteiger partial charge in [0.1, 0.15) is 17.7 Å². The van der Waals surface area contributed by atoms with Crippen LogP contribution in [0.15, 0.2) is 133 Å². The maximum absolute atomic E-state index is 11.8. The second-order valence-electron chi connectivity index (χ2n) is 36.3. The summed E-state index contributed by atoms with van der Waals surface area (Å²) in [5.41, 5.74) is 13.1. The summed E-state index contributed by atoms with van der Waals surface area (Å²) in [5, 5.41) is 35.6. The first-order valence-electron chi connectivity index (χ1n) is 40.8. The van der Waals surface area contributed by atoms with Crippen molar-refractivity contribution in [3.05, 3.63) is 212 Å². The van der Waals surface area contributed by atoms with Crippen molar-refractivity contribution in [1.82, 2.24) is 100 Å². The molecule has 0 spiro atoms. The predicted octanol–water partition coefficient (Wildman–Crippen LogP) is 20.0. The number of nitrogens with zero attached hydrogens (tertiary/aromatic N) is 22. The van der Waals surface area contributed by atoms with Gasteiger partial charge in [-0.25, -0.2) is 84.5 Å². The van der Waals surface area contributed by atoms with Gasteiger partial charge in [-0.1, -0.05) is 204 Å². The molecule has 10 aromatic heterocycles. The number of aromatic nitrogens is 20. The number of carbonyl (C=O) groups is 2. The van der Waals surface area contributed by atoms with E-state index >= 15 is 0 Å². The number of aliphatic hydroxyl groups excluding tert-OH is 1. The van der Waals surface area contributed by atoms with Crippen LogP contribution in [0.1, 0.15) is 258 Å². The Morgan fingerprint density at radius 2 is 0.738 bits per heavy atom. The zero-order valence-electron chi connectivity index (χ0n) is 76.2. The van der Waals surface area contributed by atoms with E-state index in [-0.39, 0.29) is 71.6 Å². The van der Waals surface area contributed by atoms with E-state index in [1.807, 2.05) is 55.4 Å². The Morgan fingerprint density at radius 3 is 1.00 bits per heavy atom. The number of esters is 1. The number of ketones is 1. The summed E-state index contributed by atoms with van der Waals surface area (Å²) in [6.45, 7) is 55.6. The molecule has 0 aromatic carbocycles. The van der Waals surface area contributed by atoms with Gasteiger partial charge in [0.05, 0.1) is 18.1 Å². The molecule has 1 aliphatic rings. The first-order chi connectivity index (χ1) is 56.6. The second kappa shape index (κ2) is 52.1. The van der Waals surface area contributed by atoms with E-state index in [1.165, 1.54) is 18.7 Å². The Hall–Kier alpha value is -9.61. The molecule has 122 heavy (non-hydrogen) atoms. The summed E-state index contributed by atoms with van der Waals surface area (Å²) in [6.07, 6.45) is 38.4. The molecule has 0 fully saturated rings. The number of allylic oxidation sites excluding steroid dienone is 2. The van der Waals surface area contributed by atoms with Gasteiger partial charge in [-0.3, -0.25) is 9.79 Å². The molecule has 1 N–H and O–H groups in total. The monoisotopic (exact) mass is 1950 g/mol. The van der Waals surface area contributed by atoms with Crippen LogP contribution in [0.2, 0.25) is 10.6 Å². The molecule has 0 unspecified atom stereocenters. The first-order valence-corrected chi connectivity index (χ1v) is 42.3. The molecule has 26 nitrogen and oxygen atoms in total. The van der Waals surface area contributed by atoms with Crippen molar-refractivity contribution in [3.63, 3.8) is 0 Å². The third-order valence-corrected chi connectivity index (χ3v) is 17.4. The fraction of sp³-hybridized carbons (Fsp3) is 0.500. The molecule has 0 aliphatic carbocycles. The Morgan fingerprint density at radius 1 is 0.451 bits per heavy atom. The SMILES string of the molecule is CC(C)Cc1cnc(-c2cc(C(C)(C)C)n[n-]2)nc1.CC(C)Cc1cnc(-c2cc(C(C)(C)C)n[n-]2)nc1.CC(C)Cc1cnc(C#N)nc1.CC(C)Cc1cnc(C(O)=CC(=O)C(C)(C)C)nc1.CC(C)Cc1cnc(C2=CC(C(C)(C)C)=NC2)nc1.CC(C)Cc1cnc(Cl)nc1.COC(=O)c1ncc(CC(C)C)cn1.Clc1ncc(Br)cn1.[Pt+2]. The minimum atomic E-state index is -0.522. The summed E-state index contributed by atoms with van der Waals surface area (Å²) in [7, 11) is 1.31. The predicted molar refractivity (Wildman–Crippen MR) is 485 cm³/mol. The molecular formula is C92H125BrCl2N22O4Pt. The second-order valence-corrected chi connectivity index (χ2v) is 37.9. The number of carbonyl (C=O) groups excluding carboxylic acids is 2. The van der Waals surface area contributed by atoms with Crippen molar-refractivity contribution < 1.29 is 40.5 Å². The molecule has 0 radical (unpaired) electrons. The molecular weight excluding hydrogens is 1820 g/mol. The molecule has 10 aromatic rings. The largest absolute Gasteiger partial charge is 2.00 e. The Labute approximate surface area is 756 Å². The number of hydrogen-bond acceptors (Lipinski definition) is 24. The van der Waals surface area contributed by atoms with E-state index in [0.717, 1.165) is 123 Å². The van der Waals surface area contributed by atoms with Crippen molar-refractivity contribution in [2.75, 3.05) is 13.7 Å². The van der Waals surface area contributed by atoms with Crippen LogP contribution < -0.4 is 10.2 Å². The minimum Gasteiger partial charge on any atom is -0.572 e. The van der Waals surface area contributed by atoms with Crippen LogP contribution in [0.25, 0.3) is 34.4 Å². The maximum Gasteiger partial charge on any atom is 2.00 e. The van der Waals surface area contributed by atoms with Gasteiger partial charge >= 0.3 is 27.0 Å². The van der Waals surface area contributed by atoms with Gasteiger partial charge in [0.15, 0.2) is 23.2 Å². The van der Waals surface area contributed by atoms with Crippen LogP contribution in [-0.2, 0) is 86.4 Å². The van der Waals surface area contributed by atoms with E-state index < -0.39 is 11.4 Å². The van der Waals surface area contributed by atoms with Gasteiger partial charge in [-0.15, -0.1) is 0 Å². The summed E-state index contributed by atoms with van der Waals surface area (Å²) in [5.74, 6) is 5.99. The molecule has 0 amide bonds. The number of aliphatic hydroxyl groups is 1. The normalized spacial score (nSPS) is 11.9. The van der Waals surface area contributed by atoms with E-state index in [4.69, 9.17) is 28.5 Å². The van der Waals surface area contributed by atoms with E-state index in [1.54, 1.807) is 82.7 Å². The maximum atomic E-state index is 11.8. The smallest absolute Gasteiger partial charge is 0.572 e. The zero-order valence-corrected chi connectivity index (χ0v) is 81.6. The number of aliphatic imine (C=N–C) groups is 1. The fourth-order valence-electron chi connectivity index (χ4n) is 10.6. The van der Waals surface area contributed by atoms with Gasteiger partial charge < -0.3 is 30.2 Å². The van der Waals surface area contributed by atoms with Gasteiger partial charge in [-0.05, 0) is 171 Å². The molecule has 658 valence electrons. The van der Waals surface area contributed by atoms with E-state index in [9.17, 15) is 14.7 Å². The topological polar surface area (TPSA) is 360 Å². The summed E-state index contributed by atoms with van der Waals surface area (Å²) >= 11 is 14.1. The van der Waals surface area contributed by atoms with Crippen LogP contribution >= 0.6 is 39.1 Å². The Bertz CT molecular complexity index is 4670. The minimum absolute atomic E-state index is 0. The van der Waals surface area contributed by atoms with E-state index in [2.05, 4.69) is 291 Å². The fourth-order valence-corrected chi connectivity index (χ4v) is 11.0. The van der Waals surface area contributed by atoms with Crippen LogP contribution in [0, 0.1) is 63.6 Å². The number of methoxy groups -OCH3 is 1. The molecule has 30 heteroatoms. The average molecular weight is 1950 g/mol. The third-order valence-electron chi connectivity index (χ3n) is 16.6. The van der Waals surface area contributed by atoms with Gasteiger partial charge in [0.2, 0.25) is 22.2 Å². The van der Waals surface area contributed by atoms with Crippen molar-refractivity contribution in [2.45, 2.75) is 236 Å². The standard InChI is InChI=1S/C16H23N3.2C15H21N4.C15H22N2O2.C10H14N2O2.C9H11N3.C8H11ClN2.C4H2BrClN2.Pt/c1-11(2)6-12-8-18-15(19-9-12)13-7-14(17-10-13)16(3,4)5;2*1-10(2)6-11-8-16-14(17-9-11)12-7-13(19-18-12)15(3,4)5;1-10(2)6-11-8-16-14(17-9-11)12(18)7-13(19)15(3,4)5;1-7(2)4-8-5-11-9(12-6-8)10(13)14-3;1-7(2)3-8-5-11-9(4-10)12-6-8;1-6(2)3-7-4-10-8(9)11-5-7;5-3-1-7-4(6)8-2-3;/h7-9,11H,6,10H2,1-5H3;2*7-10H,6H2,1-5H3;7-10,18H,6H2,1-5H3;5-7H,4H2,1-3H3;5-7H,3H2,1-2H3;4-6H,3H2,1-2H3;1-2H;/q;2*-1;;;;;;+2. The summed E-state index contributed by atoms with van der Waals surface area (Å²) in [4.78, 5) is 92.7. The number of hydrogen-bond donors (Lipinski definition) is 1. The van der Waals surface area contributed by atoms with Crippen LogP contribution in [-0.4, -0.2) is 126 Å². The quantitative estimate of drug-likeness (QED) is 0.0320. The first kappa shape index (κ1) is 107. The van der Waals surface area contributed by atoms with E-state index in [0.29, 0.717) is 64.9 Å². The van der Waals surface area contributed by atoms with Gasteiger partial charge in [0.25, 0.3) is 0 Å². The van der Waals surface area contributed by atoms with Gasteiger partial charge in [0, 0.05) is 150 Å². The molecule has 0 saturated carbocycles. The Kier molecular flexibility index (Phi) is 45.5. The zero-order chi connectivity index (χ0) is 90.5. The van der Waals surface area contributed by atoms with Gasteiger partial charge in [-0.2, -0.15) is 5.26 Å². The van der Waals surface area contributed by atoms with Crippen molar-refractivity contribution >= 4 is 67.9 Å². The molecule has 0 bridgehead atoms. The Balaban J connectivity index is 0.000000364. The molecule has 11 rings (SSSR count). The number of halogens is 3. The third kappa shape index (κ3) is 42.0. The molecule has 0 atom stereocenters. The summed E-state index contributed by atoms with van der Waals surface area (Å²) < 4.78 is 5.33. The van der Waals surface area contributed by atoms with Crippen LogP contribution in [0.4, 0.5) is 0 Å². The van der Waals surface area contributed by atoms with Crippen molar-refractivity contribution in [1.29, 1.82) is 5.26 Å².